The zero-order valence-corrected chi connectivity index (χ0v) is 18.7. The molecule has 3 aromatic carbocycles. The van der Waals surface area contributed by atoms with E-state index in [1.165, 1.54) is 19.1 Å². The van der Waals surface area contributed by atoms with Crippen LogP contribution in [0.15, 0.2) is 66.7 Å². The highest BCUT2D eigenvalue weighted by Crippen LogP contribution is 2.64. The highest BCUT2D eigenvalue weighted by Gasteiger charge is 2.70. The lowest BCUT2D eigenvalue weighted by Crippen LogP contribution is -2.57. The number of Topliss-reactive ketones (excluding diaryl/α,β-unsaturated/α-hetero) is 1. The zero-order chi connectivity index (χ0) is 23.9. The van der Waals surface area contributed by atoms with E-state index in [4.69, 9.17) is 11.6 Å². The smallest absolute Gasteiger partial charge is 0.289 e. The molecule has 0 saturated carbocycles. The largest absolute Gasteiger partial charge is 0.299 e. The number of amides is 2. The molecule has 1 saturated heterocycles. The van der Waals surface area contributed by atoms with Crippen molar-refractivity contribution in [2.75, 3.05) is 4.90 Å². The van der Waals surface area contributed by atoms with Gasteiger partial charge in [0.2, 0.25) is 11.8 Å². The Balaban J connectivity index is 1.63. The van der Waals surface area contributed by atoms with E-state index < -0.39 is 45.6 Å². The van der Waals surface area contributed by atoms with Gasteiger partial charge in [-0.25, -0.2) is 4.90 Å². The monoisotopic (exact) mass is 472 g/mol. The third-order valence-electron chi connectivity index (χ3n) is 7.56. The Hall–Kier alpha value is -3.84. The predicted molar refractivity (Wildman–Crippen MR) is 124 cm³/mol. The number of benzene rings is 3. The number of hydrogen-bond donors (Lipinski definition) is 0. The average molecular weight is 473 g/mol. The Morgan fingerprint density at radius 3 is 2.12 bits per heavy atom. The molecule has 168 valence electrons. The zero-order valence-electron chi connectivity index (χ0n) is 17.9. The van der Waals surface area contributed by atoms with Crippen LogP contribution in [0.25, 0.3) is 0 Å². The minimum atomic E-state index is -1.31. The molecule has 7 nitrogen and oxygen atoms in total. The first kappa shape index (κ1) is 20.7. The number of carbonyl (C=O) groups is 3. The molecule has 4 aliphatic rings. The van der Waals surface area contributed by atoms with E-state index in [1.54, 1.807) is 0 Å². The Morgan fingerprint density at radius 2 is 1.56 bits per heavy atom. The number of nitro benzene ring substituents is 1. The molecule has 2 amide bonds. The van der Waals surface area contributed by atoms with Gasteiger partial charge in [0.25, 0.3) is 5.69 Å². The molecule has 34 heavy (non-hydrogen) atoms. The van der Waals surface area contributed by atoms with Gasteiger partial charge in [0.15, 0.2) is 0 Å². The number of nitro groups is 1. The first-order valence-electron chi connectivity index (χ1n) is 10.8. The van der Waals surface area contributed by atoms with Crippen LogP contribution >= 0.6 is 11.6 Å². The fourth-order valence-electron chi connectivity index (χ4n) is 6.40. The van der Waals surface area contributed by atoms with Gasteiger partial charge in [-0.05, 0) is 41.3 Å². The van der Waals surface area contributed by atoms with Crippen LogP contribution < -0.4 is 4.90 Å². The fourth-order valence-corrected chi connectivity index (χ4v) is 6.59. The summed E-state index contributed by atoms with van der Waals surface area (Å²) in [5.74, 6) is -3.35. The molecule has 2 bridgehead atoms. The number of hydrogen-bond acceptors (Lipinski definition) is 5. The minimum Gasteiger partial charge on any atom is -0.299 e. The van der Waals surface area contributed by atoms with Crippen LogP contribution in [0.3, 0.4) is 0 Å². The predicted octanol–water partition coefficient (Wildman–Crippen LogP) is 4.39. The lowest BCUT2D eigenvalue weighted by molar-refractivity contribution is -0.384. The second-order valence-corrected chi connectivity index (χ2v) is 9.33. The first-order valence-corrected chi connectivity index (χ1v) is 11.2. The van der Waals surface area contributed by atoms with Crippen molar-refractivity contribution >= 4 is 40.6 Å². The topological polar surface area (TPSA) is 97.6 Å². The quantitative estimate of drug-likeness (QED) is 0.320. The SMILES string of the molecule is CC(=O)C12c3ccccc3C(c3ccccc31)[C@@H]1C(=O)N(c3ccc(Cl)c([N+](=O)[O-])c3)C(=O)[C@@H]12. The normalized spacial score (nSPS) is 26.2. The van der Waals surface area contributed by atoms with Crippen molar-refractivity contribution in [2.24, 2.45) is 11.8 Å². The Morgan fingerprint density at radius 1 is 0.971 bits per heavy atom. The number of rotatable bonds is 3. The maximum atomic E-state index is 14.0. The van der Waals surface area contributed by atoms with Gasteiger partial charge in [-0.1, -0.05) is 60.1 Å². The van der Waals surface area contributed by atoms with E-state index in [1.807, 2.05) is 48.5 Å². The summed E-state index contributed by atoms with van der Waals surface area (Å²) in [5.41, 5.74) is 1.59. The summed E-state index contributed by atoms with van der Waals surface area (Å²) in [5, 5.41) is 11.4. The molecule has 0 unspecified atom stereocenters. The van der Waals surface area contributed by atoms with E-state index in [0.717, 1.165) is 33.2 Å². The van der Waals surface area contributed by atoms with Crippen LogP contribution in [-0.2, 0) is 19.8 Å². The summed E-state index contributed by atoms with van der Waals surface area (Å²) in [6.45, 7) is 1.46. The van der Waals surface area contributed by atoms with E-state index in [-0.39, 0.29) is 16.5 Å². The van der Waals surface area contributed by atoms with Crippen molar-refractivity contribution in [3.8, 4) is 0 Å². The van der Waals surface area contributed by atoms with Crippen molar-refractivity contribution in [1.29, 1.82) is 0 Å². The number of imide groups is 1. The summed E-state index contributed by atoms with van der Waals surface area (Å²) in [6, 6.07) is 18.8. The second-order valence-electron chi connectivity index (χ2n) is 8.92. The third-order valence-corrected chi connectivity index (χ3v) is 7.88. The molecule has 1 heterocycles. The molecule has 0 spiro atoms. The molecule has 2 atom stereocenters. The molecule has 3 aromatic rings. The maximum absolute atomic E-state index is 14.0. The van der Waals surface area contributed by atoms with Gasteiger partial charge in [0, 0.05) is 12.0 Å². The minimum absolute atomic E-state index is 0.0757. The van der Waals surface area contributed by atoms with Gasteiger partial charge in [-0.3, -0.25) is 24.5 Å². The van der Waals surface area contributed by atoms with Crippen molar-refractivity contribution in [1.82, 2.24) is 0 Å². The van der Waals surface area contributed by atoms with E-state index in [2.05, 4.69) is 0 Å². The molecule has 0 aromatic heterocycles. The van der Waals surface area contributed by atoms with Gasteiger partial charge in [-0.2, -0.15) is 0 Å². The molecule has 1 aliphatic heterocycles. The van der Waals surface area contributed by atoms with Crippen LogP contribution in [0.5, 0.6) is 0 Å². The van der Waals surface area contributed by atoms with Crippen LogP contribution in [0, 0.1) is 22.0 Å². The summed E-state index contributed by atoms with van der Waals surface area (Å²) < 4.78 is 0. The molecule has 0 radical (unpaired) electrons. The Bertz CT molecular complexity index is 1420. The summed E-state index contributed by atoms with van der Waals surface area (Å²) in [7, 11) is 0. The van der Waals surface area contributed by atoms with E-state index in [0.29, 0.717) is 0 Å². The average Bonchev–Trinajstić information content (AvgIpc) is 3.10. The van der Waals surface area contributed by atoms with Crippen molar-refractivity contribution in [2.45, 2.75) is 18.3 Å². The standard InChI is InChI=1S/C26H17ClN2O5/c1-13(30)26-17-8-4-2-6-15(17)21(16-7-3-5-9-18(16)26)22-23(26)25(32)28(24(22)31)14-10-11-19(27)20(12-14)29(33)34/h2-12,21-23H,1H3/t21?,22-,23+,26?/m0/s1. The number of anilines is 1. The molecule has 7 rings (SSSR count). The lowest BCUT2D eigenvalue weighted by Gasteiger charge is -2.52. The van der Waals surface area contributed by atoms with Crippen LogP contribution in [0.1, 0.15) is 35.1 Å². The fraction of sp³-hybridized carbons (Fsp3) is 0.192. The van der Waals surface area contributed by atoms with Crippen molar-refractivity contribution < 1.29 is 19.3 Å². The lowest BCUT2D eigenvalue weighted by atomic mass is 9.46. The van der Waals surface area contributed by atoms with Gasteiger partial charge in [0.05, 0.1) is 27.9 Å². The van der Waals surface area contributed by atoms with Gasteiger partial charge in [0.1, 0.15) is 10.8 Å². The molecule has 1 fully saturated rings. The first-order chi connectivity index (χ1) is 16.3. The molecule has 0 N–H and O–H groups in total. The number of carbonyl (C=O) groups excluding carboxylic acids is 3. The Kier molecular flexibility index (Phi) is 4.17. The third kappa shape index (κ3) is 2.29. The Labute approximate surface area is 199 Å². The van der Waals surface area contributed by atoms with Gasteiger partial charge in [-0.15, -0.1) is 0 Å². The number of halogens is 1. The van der Waals surface area contributed by atoms with E-state index in [9.17, 15) is 24.5 Å². The maximum Gasteiger partial charge on any atom is 0.289 e. The van der Waals surface area contributed by atoms with Crippen molar-refractivity contribution in [3.05, 3.63) is 104 Å². The summed E-state index contributed by atoms with van der Waals surface area (Å²) in [6.07, 6.45) is 0. The number of nitrogens with zero attached hydrogens (tertiary/aromatic N) is 2. The summed E-state index contributed by atoms with van der Waals surface area (Å²) in [4.78, 5) is 53.2. The molecular formula is C26H17ClN2O5. The van der Waals surface area contributed by atoms with E-state index >= 15 is 0 Å². The van der Waals surface area contributed by atoms with Gasteiger partial charge < -0.3 is 0 Å². The van der Waals surface area contributed by atoms with Crippen LogP contribution in [-0.4, -0.2) is 22.5 Å². The molecule has 3 aliphatic carbocycles. The van der Waals surface area contributed by atoms with Crippen molar-refractivity contribution in [3.63, 3.8) is 0 Å². The van der Waals surface area contributed by atoms with Crippen LogP contribution in [0.4, 0.5) is 11.4 Å². The highest BCUT2D eigenvalue weighted by molar-refractivity contribution is 6.33. The number of ketones is 1. The molecular weight excluding hydrogens is 456 g/mol. The van der Waals surface area contributed by atoms with Gasteiger partial charge >= 0.3 is 0 Å². The van der Waals surface area contributed by atoms with Crippen LogP contribution in [0.2, 0.25) is 5.02 Å². The summed E-state index contributed by atoms with van der Waals surface area (Å²) >= 11 is 5.96. The second kappa shape index (κ2) is 6.84. The highest BCUT2D eigenvalue weighted by atomic mass is 35.5. The molecule has 8 heteroatoms.